The Morgan fingerprint density at radius 2 is 2.05 bits per heavy atom. The summed E-state index contributed by atoms with van der Waals surface area (Å²) in [5.41, 5.74) is 2.24. The van der Waals surface area contributed by atoms with Crippen LogP contribution in [0.2, 0.25) is 0 Å². The van der Waals surface area contributed by atoms with E-state index in [1.165, 1.54) is 23.8 Å². The number of aromatic nitrogens is 2. The van der Waals surface area contributed by atoms with Gasteiger partial charge in [-0.15, -0.1) is 0 Å². The summed E-state index contributed by atoms with van der Waals surface area (Å²) in [5.74, 6) is 5.29. The number of sulfonamides is 1. The van der Waals surface area contributed by atoms with Gasteiger partial charge in [0.2, 0.25) is 16.0 Å². The third-order valence-electron chi connectivity index (χ3n) is 2.57. The second-order valence-electron chi connectivity index (χ2n) is 3.90. The SMILES string of the molecule is CCN(C(C)COC)S(=O)(=O)c1cnc(NN)nc1. The van der Waals surface area contributed by atoms with Crippen LogP contribution in [0.25, 0.3) is 0 Å². The molecule has 1 aromatic rings. The van der Waals surface area contributed by atoms with Crippen LogP contribution in [-0.4, -0.2) is 49.0 Å². The summed E-state index contributed by atoms with van der Waals surface area (Å²) in [6.45, 7) is 4.20. The van der Waals surface area contributed by atoms with Gasteiger partial charge in [-0.3, -0.25) is 5.43 Å². The summed E-state index contributed by atoms with van der Waals surface area (Å²) in [4.78, 5) is 7.63. The Hall–Kier alpha value is -1.29. The molecule has 1 unspecified atom stereocenters. The smallest absolute Gasteiger partial charge is 0.246 e. The molecule has 0 aliphatic carbocycles. The third-order valence-corrected chi connectivity index (χ3v) is 4.62. The summed E-state index contributed by atoms with van der Waals surface area (Å²) in [7, 11) is -2.11. The molecule has 108 valence electrons. The highest BCUT2D eigenvalue weighted by atomic mass is 32.2. The minimum Gasteiger partial charge on any atom is -0.383 e. The van der Waals surface area contributed by atoms with Crippen LogP contribution in [0.5, 0.6) is 0 Å². The van der Waals surface area contributed by atoms with Crippen molar-refractivity contribution in [2.24, 2.45) is 5.84 Å². The van der Waals surface area contributed by atoms with Crippen molar-refractivity contribution in [1.29, 1.82) is 0 Å². The molecule has 0 aromatic carbocycles. The molecule has 0 aliphatic heterocycles. The van der Waals surface area contributed by atoms with Gasteiger partial charge in [-0.1, -0.05) is 6.92 Å². The number of likely N-dealkylation sites (N-methyl/N-ethyl adjacent to an activating group) is 1. The summed E-state index contributed by atoms with van der Waals surface area (Å²) in [6, 6.07) is -0.271. The quantitative estimate of drug-likeness (QED) is 0.528. The number of rotatable bonds is 7. The lowest BCUT2D eigenvalue weighted by Crippen LogP contribution is -2.40. The standard InChI is InChI=1S/C10H19N5O3S/c1-4-15(8(2)7-18-3)19(16,17)9-5-12-10(14-11)13-6-9/h5-6,8H,4,7,11H2,1-3H3,(H,12,13,14). The van der Waals surface area contributed by atoms with Crippen LogP contribution in [0.15, 0.2) is 17.3 Å². The van der Waals surface area contributed by atoms with E-state index in [-0.39, 0.29) is 16.9 Å². The van der Waals surface area contributed by atoms with Crippen LogP contribution in [0, 0.1) is 0 Å². The van der Waals surface area contributed by atoms with Gasteiger partial charge in [0.15, 0.2) is 0 Å². The van der Waals surface area contributed by atoms with Crippen molar-refractivity contribution in [3.63, 3.8) is 0 Å². The zero-order valence-electron chi connectivity index (χ0n) is 11.2. The highest BCUT2D eigenvalue weighted by molar-refractivity contribution is 7.89. The Bertz CT molecular complexity index is 490. The number of nitrogen functional groups attached to an aromatic ring is 1. The third kappa shape index (κ3) is 3.60. The van der Waals surface area contributed by atoms with Crippen LogP contribution in [-0.2, 0) is 14.8 Å². The molecule has 0 spiro atoms. The number of hydrazine groups is 1. The topological polar surface area (TPSA) is 110 Å². The second kappa shape index (κ2) is 6.75. The van der Waals surface area contributed by atoms with Gasteiger partial charge in [-0.2, -0.15) is 4.31 Å². The molecular weight excluding hydrogens is 270 g/mol. The first kappa shape index (κ1) is 15.8. The van der Waals surface area contributed by atoms with Crippen molar-refractivity contribution >= 4 is 16.0 Å². The van der Waals surface area contributed by atoms with E-state index in [0.717, 1.165) is 0 Å². The lowest BCUT2D eigenvalue weighted by atomic mass is 10.4. The summed E-state index contributed by atoms with van der Waals surface area (Å²) < 4.78 is 31.2. The van der Waals surface area contributed by atoms with E-state index in [4.69, 9.17) is 10.6 Å². The highest BCUT2D eigenvalue weighted by Gasteiger charge is 2.28. The molecule has 0 saturated heterocycles. The molecule has 9 heteroatoms. The van der Waals surface area contributed by atoms with Gasteiger partial charge in [-0.25, -0.2) is 24.2 Å². The Morgan fingerprint density at radius 3 is 2.47 bits per heavy atom. The number of nitrogens with two attached hydrogens (primary N) is 1. The lowest BCUT2D eigenvalue weighted by Gasteiger charge is -2.26. The molecule has 0 amide bonds. The number of anilines is 1. The summed E-state index contributed by atoms with van der Waals surface area (Å²) in [5, 5.41) is 0. The van der Waals surface area contributed by atoms with Crippen molar-refractivity contribution in [2.75, 3.05) is 25.7 Å². The predicted octanol–water partition coefficient (Wildman–Crippen LogP) is -0.192. The Morgan fingerprint density at radius 1 is 1.47 bits per heavy atom. The monoisotopic (exact) mass is 289 g/mol. The fourth-order valence-electron chi connectivity index (χ4n) is 1.70. The first-order chi connectivity index (χ1) is 8.97. The van der Waals surface area contributed by atoms with E-state index in [1.54, 1.807) is 13.8 Å². The number of nitrogens with zero attached hydrogens (tertiary/aromatic N) is 3. The summed E-state index contributed by atoms with van der Waals surface area (Å²) >= 11 is 0. The van der Waals surface area contributed by atoms with Crippen molar-refractivity contribution in [2.45, 2.75) is 24.8 Å². The van der Waals surface area contributed by atoms with Crippen LogP contribution in [0.3, 0.4) is 0 Å². The van der Waals surface area contributed by atoms with Gasteiger partial charge in [-0.05, 0) is 6.92 Å². The molecule has 0 bridgehead atoms. The van der Waals surface area contributed by atoms with Crippen LogP contribution >= 0.6 is 0 Å². The minimum atomic E-state index is -3.64. The maximum absolute atomic E-state index is 12.4. The van der Waals surface area contributed by atoms with E-state index >= 15 is 0 Å². The number of nitrogens with one attached hydrogen (secondary N) is 1. The number of ether oxygens (including phenoxy) is 1. The van der Waals surface area contributed by atoms with Crippen LogP contribution in [0.1, 0.15) is 13.8 Å². The van der Waals surface area contributed by atoms with E-state index < -0.39 is 10.0 Å². The fraction of sp³-hybridized carbons (Fsp3) is 0.600. The normalized spacial score (nSPS) is 13.5. The molecule has 1 atom stereocenters. The van der Waals surface area contributed by atoms with E-state index in [9.17, 15) is 8.42 Å². The Labute approximate surface area is 113 Å². The number of hydrogen-bond acceptors (Lipinski definition) is 7. The van der Waals surface area contributed by atoms with Crippen molar-refractivity contribution in [1.82, 2.24) is 14.3 Å². The lowest BCUT2D eigenvalue weighted by molar-refractivity contribution is 0.142. The van der Waals surface area contributed by atoms with Gasteiger partial charge in [0.25, 0.3) is 0 Å². The van der Waals surface area contributed by atoms with Gasteiger partial charge in [0.1, 0.15) is 4.90 Å². The van der Waals surface area contributed by atoms with Crippen molar-refractivity contribution < 1.29 is 13.2 Å². The van der Waals surface area contributed by atoms with Crippen molar-refractivity contribution in [3.05, 3.63) is 12.4 Å². The molecular formula is C10H19N5O3S. The molecule has 8 nitrogen and oxygen atoms in total. The molecule has 1 heterocycles. The van der Waals surface area contributed by atoms with Gasteiger partial charge in [0.05, 0.1) is 19.0 Å². The second-order valence-corrected chi connectivity index (χ2v) is 5.79. The van der Waals surface area contributed by atoms with Gasteiger partial charge >= 0.3 is 0 Å². The molecule has 0 fully saturated rings. The average Bonchev–Trinajstić information content (AvgIpc) is 2.39. The molecule has 0 radical (unpaired) electrons. The van der Waals surface area contributed by atoms with E-state index in [2.05, 4.69) is 15.4 Å². The predicted molar refractivity (Wildman–Crippen MR) is 70.7 cm³/mol. The number of hydrogen-bond donors (Lipinski definition) is 2. The molecule has 1 aromatic heterocycles. The van der Waals surface area contributed by atoms with Gasteiger partial charge < -0.3 is 4.74 Å². The fourth-order valence-corrected chi connectivity index (χ4v) is 3.22. The molecule has 3 N–H and O–H groups in total. The average molecular weight is 289 g/mol. The first-order valence-corrected chi connectivity index (χ1v) is 7.20. The van der Waals surface area contributed by atoms with Crippen molar-refractivity contribution in [3.8, 4) is 0 Å². The highest BCUT2D eigenvalue weighted by Crippen LogP contribution is 2.17. The largest absolute Gasteiger partial charge is 0.383 e. The first-order valence-electron chi connectivity index (χ1n) is 5.76. The number of methoxy groups -OCH3 is 1. The van der Waals surface area contributed by atoms with Crippen LogP contribution in [0.4, 0.5) is 5.95 Å². The maximum atomic E-state index is 12.4. The van der Waals surface area contributed by atoms with E-state index in [1.807, 2.05) is 0 Å². The molecule has 0 aliphatic rings. The zero-order chi connectivity index (χ0) is 14.5. The Balaban J connectivity index is 3.05. The minimum absolute atomic E-state index is 0.0244. The molecule has 19 heavy (non-hydrogen) atoms. The zero-order valence-corrected chi connectivity index (χ0v) is 12.0. The molecule has 0 saturated carbocycles. The summed E-state index contributed by atoms with van der Waals surface area (Å²) in [6.07, 6.45) is 2.44. The van der Waals surface area contributed by atoms with E-state index in [0.29, 0.717) is 13.2 Å². The maximum Gasteiger partial charge on any atom is 0.246 e. The Kier molecular flexibility index (Phi) is 5.60. The van der Waals surface area contributed by atoms with Crippen LogP contribution < -0.4 is 11.3 Å². The van der Waals surface area contributed by atoms with Gasteiger partial charge in [0, 0.05) is 19.7 Å². The molecule has 1 rings (SSSR count).